The quantitative estimate of drug-likeness (QED) is 0.794. The number of aromatic carboxylic acids is 2. The summed E-state index contributed by atoms with van der Waals surface area (Å²) in [6, 6.07) is 11.4. The van der Waals surface area contributed by atoms with E-state index in [1.54, 1.807) is 7.11 Å². The average Bonchev–Trinajstić information content (AvgIpc) is 2.52. The zero-order valence-electron chi connectivity index (χ0n) is 11.8. The number of thioether (sulfide) groups is 1. The van der Waals surface area contributed by atoms with Crippen LogP contribution in [0.5, 0.6) is 5.75 Å². The molecule has 0 aromatic heterocycles. The Hall–Kier alpha value is -2.47. The van der Waals surface area contributed by atoms with Crippen molar-refractivity contribution in [2.45, 2.75) is 10.6 Å². The van der Waals surface area contributed by atoms with E-state index >= 15 is 0 Å². The topological polar surface area (TPSA) is 83.8 Å². The van der Waals surface area contributed by atoms with Gasteiger partial charge < -0.3 is 14.9 Å². The van der Waals surface area contributed by atoms with Gasteiger partial charge in [0.25, 0.3) is 0 Å². The van der Waals surface area contributed by atoms with Gasteiger partial charge in [-0.2, -0.15) is 0 Å². The van der Waals surface area contributed by atoms with Crippen LogP contribution in [0.1, 0.15) is 26.3 Å². The maximum atomic E-state index is 11.2. The second-order valence-corrected chi connectivity index (χ2v) is 5.48. The first-order valence-corrected chi connectivity index (χ1v) is 7.36. The summed E-state index contributed by atoms with van der Waals surface area (Å²) in [4.78, 5) is 22.7. The Morgan fingerprint density at radius 3 is 2.50 bits per heavy atom. The molecule has 0 aliphatic heterocycles. The molecule has 0 saturated heterocycles. The van der Waals surface area contributed by atoms with E-state index in [1.165, 1.54) is 30.0 Å². The maximum Gasteiger partial charge on any atom is 0.336 e. The lowest BCUT2D eigenvalue weighted by molar-refractivity contribution is 0.0678. The van der Waals surface area contributed by atoms with Crippen LogP contribution in [0.4, 0.5) is 0 Å². The molecular weight excluding hydrogens is 304 g/mol. The zero-order valence-corrected chi connectivity index (χ0v) is 12.6. The van der Waals surface area contributed by atoms with Crippen molar-refractivity contribution >= 4 is 23.7 Å². The number of rotatable bonds is 6. The summed E-state index contributed by atoms with van der Waals surface area (Å²) in [5.41, 5.74) is 1.12. The number of carboxylic acids is 2. The molecule has 2 rings (SSSR count). The van der Waals surface area contributed by atoms with Crippen molar-refractivity contribution in [1.29, 1.82) is 0 Å². The monoisotopic (exact) mass is 318 g/mol. The molecule has 0 fully saturated rings. The summed E-state index contributed by atoms with van der Waals surface area (Å²) < 4.78 is 5.14. The van der Waals surface area contributed by atoms with Crippen molar-refractivity contribution < 1.29 is 24.5 Å². The standard InChI is InChI=1S/C16H14O5S/c1-21-12-4-2-3-10(7-12)9-22-14-8-11(15(17)18)5-6-13(14)16(19)20/h2-8H,9H2,1H3,(H,17,18)(H,19,20). The third kappa shape index (κ3) is 3.79. The molecule has 6 heteroatoms. The van der Waals surface area contributed by atoms with E-state index in [4.69, 9.17) is 9.84 Å². The van der Waals surface area contributed by atoms with Gasteiger partial charge in [-0.25, -0.2) is 9.59 Å². The van der Waals surface area contributed by atoms with E-state index < -0.39 is 11.9 Å². The van der Waals surface area contributed by atoms with Gasteiger partial charge in [-0.15, -0.1) is 11.8 Å². The lowest BCUT2D eigenvalue weighted by atomic mass is 10.1. The van der Waals surface area contributed by atoms with Gasteiger partial charge >= 0.3 is 11.9 Å². The highest BCUT2D eigenvalue weighted by Gasteiger charge is 2.14. The highest BCUT2D eigenvalue weighted by Crippen LogP contribution is 2.28. The molecule has 2 aromatic rings. The molecule has 0 amide bonds. The molecule has 0 spiro atoms. The van der Waals surface area contributed by atoms with Crippen LogP contribution in [0, 0.1) is 0 Å². The predicted molar refractivity (Wildman–Crippen MR) is 82.9 cm³/mol. The van der Waals surface area contributed by atoms with Crippen LogP contribution in [0.3, 0.4) is 0 Å². The third-order valence-electron chi connectivity index (χ3n) is 2.99. The summed E-state index contributed by atoms with van der Waals surface area (Å²) in [7, 11) is 1.57. The molecule has 114 valence electrons. The molecule has 0 aliphatic rings. The maximum absolute atomic E-state index is 11.2. The van der Waals surface area contributed by atoms with Crippen LogP contribution in [0.25, 0.3) is 0 Å². The molecule has 5 nitrogen and oxygen atoms in total. The van der Waals surface area contributed by atoms with Crippen LogP contribution in [-0.2, 0) is 5.75 Å². The van der Waals surface area contributed by atoms with Gasteiger partial charge in [0.1, 0.15) is 5.75 Å². The average molecular weight is 318 g/mol. The number of carbonyl (C=O) groups is 2. The number of methoxy groups -OCH3 is 1. The zero-order chi connectivity index (χ0) is 16.1. The van der Waals surface area contributed by atoms with Crippen LogP contribution in [-0.4, -0.2) is 29.3 Å². The Labute approximate surface area is 131 Å². The fourth-order valence-electron chi connectivity index (χ4n) is 1.87. The number of ether oxygens (including phenoxy) is 1. The lowest BCUT2D eigenvalue weighted by Crippen LogP contribution is -2.03. The molecular formula is C16H14O5S. The third-order valence-corrected chi connectivity index (χ3v) is 4.11. The van der Waals surface area contributed by atoms with Gasteiger partial charge in [0.15, 0.2) is 0 Å². The second kappa shape index (κ2) is 7.00. The summed E-state index contributed by atoms with van der Waals surface area (Å²) in [6.07, 6.45) is 0. The summed E-state index contributed by atoms with van der Waals surface area (Å²) in [5.74, 6) is -0.929. The van der Waals surface area contributed by atoms with Crippen LogP contribution in [0.2, 0.25) is 0 Å². The van der Waals surface area contributed by atoms with Crippen molar-refractivity contribution in [3.8, 4) is 5.75 Å². The highest BCUT2D eigenvalue weighted by molar-refractivity contribution is 7.98. The largest absolute Gasteiger partial charge is 0.497 e. The van der Waals surface area contributed by atoms with Gasteiger partial charge in [-0.3, -0.25) is 0 Å². The smallest absolute Gasteiger partial charge is 0.336 e. The number of hydrogen-bond donors (Lipinski definition) is 2. The first kappa shape index (κ1) is 15.9. The molecule has 0 atom stereocenters. The molecule has 0 heterocycles. The summed E-state index contributed by atoms with van der Waals surface area (Å²) in [5, 5.41) is 18.2. The molecule has 0 radical (unpaired) electrons. The molecule has 2 aromatic carbocycles. The summed E-state index contributed by atoms with van der Waals surface area (Å²) in [6.45, 7) is 0. The Morgan fingerprint density at radius 2 is 1.86 bits per heavy atom. The Kier molecular flexibility index (Phi) is 5.06. The Morgan fingerprint density at radius 1 is 1.09 bits per heavy atom. The SMILES string of the molecule is COc1cccc(CSc2cc(C(=O)O)ccc2C(=O)O)c1. The van der Waals surface area contributed by atoms with Crippen LogP contribution >= 0.6 is 11.8 Å². The molecule has 0 saturated carbocycles. The fraction of sp³-hybridized carbons (Fsp3) is 0.125. The van der Waals surface area contributed by atoms with Gasteiger partial charge in [0.05, 0.1) is 18.2 Å². The number of benzene rings is 2. The fourth-order valence-corrected chi connectivity index (χ4v) is 2.90. The molecule has 22 heavy (non-hydrogen) atoms. The molecule has 0 bridgehead atoms. The molecule has 0 aliphatic carbocycles. The van der Waals surface area contributed by atoms with E-state index in [0.29, 0.717) is 10.6 Å². The Balaban J connectivity index is 2.25. The van der Waals surface area contributed by atoms with Crippen molar-refractivity contribution in [3.05, 3.63) is 59.2 Å². The predicted octanol–water partition coefficient (Wildman–Crippen LogP) is 3.38. The van der Waals surface area contributed by atoms with Gasteiger partial charge in [0, 0.05) is 10.6 Å². The van der Waals surface area contributed by atoms with Crippen LogP contribution in [0.15, 0.2) is 47.4 Å². The van der Waals surface area contributed by atoms with E-state index in [-0.39, 0.29) is 11.1 Å². The molecule has 2 N–H and O–H groups in total. The normalized spacial score (nSPS) is 10.2. The van der Waals surface area contributed by atoms with Crippen molar-refractivity contribution in [3.63, 3.8) is 0 Å². The van der Waals surface area contributed by atoms with Gasteiger partial charge in [0.2, 0.25) is 0 Å². The minimum Gasteiger partial charge on any atom is -0.497 e. The van der Waals surface area contributed by atoms with E-state index in [9.17, 15) is 14.7 Å². The van der Waals surface area contributed by atoms with E-state index in [1.807, 2.05) is 24.3 Å². The summed E-state index contributed by atoms with van der Waals surface area (Å²) >= 11 is 1.28. The van der Waals surface area contributed by atoms with E-state index in [0.717, 1.165) is 11.3 Å². The first-order valence-electron chi connectivity index (χ1n) is 6.37. The van der Waals surface area contributed by atoms with E-state index in [2.05, 4.69) is 0 Å². The van der Waals surface area contributed by atoms with Crippen molar-refractivity contribution in [2.75, 3.05) is 7.11 Å². The number of carboxylic acid groups (broad SMARTS) is 2. The Bertz CT molecular complexity index is 711. The molecule has 0 unspecified atom stereocenters. The minimum atomic E-state index is -1.08. The van der Waals surface area contributed by atoms with Crippen molar-refractivity contribution in [1.82, 2.24) is 0 Å². The van der Waals surface area contributed by atoms with Gasteiger partial charge in [-0.05, 0) is 35.9 Å². The van der Waals surface area contributed by atoms with Crippen molar-refractivity contribution in [2.24, 2.45) is 0 Å². The highest BCUT2D eigenvalue weighted by atomic mass is 32.2. The lowest BCUT2D eigenvalue weighted by Gasteiger charge is -2.08. The first-order chi connectivity index (χ1) is 10.5. The van der Waals surface area contributed by atoms with Gasteiger partial charge in [-0.1, -0.05) is 12.1 Å². The minimum absolute atomic E-state index is 0.0677. The second-order valence-electron chi connectivity index (χ2n) is 4.46. The van der Waals surface area contributed by atoms with Crippen LogP contribution < -0.4 is 4.74 Å². The number of hydrogen-bond acceptors (Lipinski definition) is 4.